The lowest BCUT2D eigenvalue weighted by Crippen LogP contribution is -2.14. The summed E-state index contributed by atoms with van der Waals surface area (Å²) in [6.45, 7) is 4.20. The van der Waals surface area contributed by atoms with Crippen LogP contribution in [0.15, 0.2) is 54.9 Å². The largest absolute Gasteiger partial charge is 0.341 e. The van der Waals surface area contributed by atoms with Crippen molar-refractivity contribution in [2.75, 3.05) is 13.1 Å². The number of hydrogen-bond donors (Lipinski definition) is 4. The second kappa shape index (κ2) is 15.9. The molecule has 0 aliphatic carbocycles. The molecule has 2 atom stereocenters. The van der Waals surface area contributed by atoms with Crippen LogP contribution in [-0.2, 0) is 0 Å². The molecule has 4 aromatic rings. The number of aromatic nitrogens is 4. The molecule has 0 radical (unpaired) electrons. The Balaban J connectivity index is 0.00000147. The molecule has 216 valence electrons. The van der Waals surface area contributed by atoms with Crippen molar-refractivity contribution < 1.29 is 0 Å². The molecule has 6 rings (SSSR count). The summed E-state index contributed by atoms with van der Waals surface area (Å²) in [6, 6.07) is 15.4. The molecule has 0 bridgehead atoms. The quantitative estimate of drug-likeness (QED) is 0.189. The molecule has 2 unspecified atom stereocenters. The van der Waals surface area contributed by atoms with Gasteiger partial charge in [0.15, 0.2) is 0 Å². The first-order valence-electron chi connectivity index (χ1n) is 13.0. The number of rotatable bonds is 4. The second-order valence-electron chi connectivity index (χ2n) is 9.74. The number of nitrogens with one attached hydrogen (secondary N) is 4. The highest BCUT2D eigenvalue weighted by Crippen LogP contribution is 2.32. The lowest BCUT2D eigenvalue weighted by atomic mass is 9.93. The lowest BCUT2D eigenvalue weighted by Gasteiger charge is -2.11. The zero-order valence-corrected chi connectivity index (χ0v) is 25.9. The number of aryl methyl sites for hydroxylation is 1. The highest BCUT2D eigenvalue weighted by Gasteiger charge is 2.20. The van der Waals surface area contributed by atoms with Crippen LogP contribution < -0.4 is 10.6 Å². The minimum atomic E-state index is 0. The van der Waals surface area contributed by atoms with Crippen molar-refractivity contribution in [3.8, 4) is 46.1 Å². The van der Waals surface area contributed by atoms with Crippen LogP contribution in [0.2, 0.25) is 0 Å². The van der Waals surface area contributed by atoms with Crippen LogP contribution in [-0.4, -0.2) is 33.0 Å². The van der Waals surface area contributed by atoms with E-state index in [4.69, 9.17) is 0 Å². The van der Waals surface area contributed by atoms with E-state index >= 15 is 0 Å². The van der Waals surface area contributed by atoms with E-state index in [1.54, 1.807) is 6.20 Å². The minimum Gasteiger partial charge on any atom is -0.341 e. The number of imidazole rings is 2. The van der Waals surface area contributed by atoms with Crippen molar-refractivity contribution in [1.82, 2.24) is 30.6 Å². The third-order valence-corrected chi connectivity index (χ3v) is 7.15. The predicted octanol–water partition coefficient (Wildman–Crippen LogP) is 6.71. The molecule has 2 aliphatic heterocycles. The van der Waals surface area contributed by atoms with Gasteiger partial charge in [0.25, 0.3) is 0 Å². The standard InChI is InChI=1S/C31H30N6.4ClH/c1-21-17-23(29-20-35-31(37-29)28-14-8-16-33-28)18-26(22-9-3-2-4-10-22)25(21)12-6-5-11-24-19-34-30(36-24)27-13-7-15-32-27;;;;/h2-4,9-10,17-20,27-28,32-33H,7-8,13-16H2,1H3,(H,34,36)(H,35,37);4*1H. The topological polar surface area (TPSA) is 81.4 Å². The van der Waals surface area contributed by atoms with Crippen molar-refractivity contribution >= 4 is 49.6 Å². The van der Waals surface area contributed by atoms with Gasteiger partial charge in [-0.15, -0.1) is 49.6 Å². The molecule has 10 heteroatoms. The van der Waals surface area contributed by atoms with Crippen molar-refractivity contribution in [3.05, 3.63) is 83.3 Å². The van der Waals surface area contributed by atoms with Gasteiger partial charge in [0.1, 0.15) is 17.3 Å². The maximum Gasteiger partial charge on any atom is 0.124 e. The number of halogens is 4. The molecule has 4 heterocycles. The fraction of sp³-hybridized carbons (Fsp3) is 0.290. The average Bonchev–Trinajstić information content (AvgIpc) is 3.74. The summed E-state index contributed by atoms with van der Waals surface area (Å²) in [5.74, 6) is 14.5. The third-order valence-electron chi connectivity index (χ3n) is 7.15. The van der Waals surface area contributed by atoms with Gasteiger partial charge in [-0.25, -0.2) is 9.97 Å². The van der Waals surface area contributed by atoms with Gasteiger partial charge in [-0.2, -0.15) is 0 Å². The van der Waals surface area contributed by atoms with Crippen LogP contribution in [0.5, 0.6) is 0 Å². The summed E-state index contributed by atoms with van der Waals surface area (Å²) in [5.41, 5.74) is 7.24. The lowest BCUT2D eigenvalue weighted by molar-refractivity contribution is 0.612. The Morgan fingerprint density at radius 2 is 1.37 bits per heavy atom. The summed E-state index contributed by atoms with van der Waals surface area (Å²) < 4.78 is 0. The second-order valence-corrected chi connectivity index (χ2v) is 9.74. The van der Waals surface area contributed by atoms with Gasteiger partial charge in [-0.05, 0) is 92.3 Å². The van der Waals surface area contributed by atoms with Crippen molar-refractivity contribution in [2.45, 2.75) is 44.7 Å². The summed E-state index contributed by atoms with van der Waals surface area (Å²) >= 11 is 0. The maximum atomic E-state index is 4.67. The average molecular weight is 632 g/mol. The van der Waals surface area contributed by atoms with E-state index < -0.39 is 0 Å². The Morgan fingerprint density at radius 1 is 0.732 bits per heavy atom. The van der Waals surface area contributed by atoms with E-state index in [1.807, 2.05) is 12.3 Å². The van der Waals surface area contributed by atoms with E-state index in [2.05, 4.69) is 97.6 Å². The first kappa shape index (κ1) is 34.3. The van der Waals surface area contributed by atoms with Crippen molar-refractivity contribution in [2.24, 2.45) is 0 Å². The smallest absolute Gasteiger partial charge is 0.124 e. The molecule has 2 aliphatic rings. The highest BCUT2D eigenvalue weighted by atomic mass is 35.5. The highest BCUT2D eigenvalue weighted by molar-refractivity contribution is 5.86. The number of benzene rings is 2. The van der Waals surface area contributed by atoms with Crippen LogP contribution in [0.25, 0.3) is 22.4 Å². The molecule has 4 N–H and O–H groups in total. The molecule has 0 saturated carbocycles. The molecule has 41 heavy (non-hydrogen) atoms. The van der Waals surface area contributed by atoms with E-state index in [1.165, 1.54) is 12.8 Å². The number of aromatic amines is 2. The Labute approximate surface area is 266 Å². The summed E-state index contributed by atoms with van der Waals surface area (Å²) in [5, 5.41) is 6.97. The van der Waals surface area contributed by atoms with Crippen LogP contribution >= 0.6 is 49.6 Å². The summed E-state index contributed by atoms with van der Waals surface area (Å²) in [4.78, 5) is 16.0. The van der Waals surface area contributed by atoms with Crippen LogP contribution in [0.3, 0.4) is 0 Å². The molecule has 0 spiro atoms. The summed E-state index contributed by atoms with van der Waals surface area (Å²) in [6.07, 6.45) is 8.32. The van der Waals surface area contributed by atoms with E-state index in [0.29, 0.717) is 12.1 Å². The molecule has 6 nitrogen and oxygen atoms in total. The fourth-order valence-electron chi connectivity index (χ4n) is 5.22. The number of nitrogens with zero attached hydrogens (tertiary/aromatic N) is 2. The van der Waals surface area contributed by atoms with Gasteiger partial charge in [-0.3, -0.25) is 0 Å². The predicted molar refractivity (Wildman–Crippen MR) is 175 cm³/mol. The number of H-pyrrole nitrogens is 2. The Morgan fingerprint density at radius 3 is 2.02 bits per heavy atom. The molecule has 2 aromatic heterocycles. The molecule has 2 saturated heterocycles. The number of hydrogen-bond acceptors (Lipinski definition) is 4. The van der Waals surface area contributed by atoms with Gasteiger partial charge >= 0.3 is 0 Å². The Bertz CT molecular complexity index is 1530. The Kier molecular flexibility index (Phi) is 13.3. The van der Waals surface area contributed by atoms with Gasteiger partial charge < -0.3 is 20.6 Å². The first-order valence-corrected chi connectivity index (χ1v) is 13.0. The van der Waals surface area contributed by atoms with E-state index in [-0.39, 0.29) is 49.6 Å². The molecule has 2 aromatic carbocycles. The molecular weight excluding hydrogens is 598 g/mol. The van der Waals surface area contributed by atoms with Crippen LogP contribution in [0, 0.1) is 30.6 Å². The Hall–Kier alpha value is -2.94. The molecular formula is C31H34Cl4N6. The van der Waals surface area contributed by atoms with Crippen molar-refractivity contribution in [3.63, 3.8) is 0 Å². The monoisotopic (exact) mass is 630 g/mol. The zero-order valence-electron chi connectivity index (χ0n) is 22.6. The summed E-state index contributed by atoms with van der Waals surface area (Å²) in [7, 11) is 0. The van der Waals surface area contributed by atoms with Crippen LogP contribution in [0.4, 0.5) is 0 Å². The van der Waals surface area contributed by atoms with Gasteiger partial charge in [0, 0.05) is 11.1 Å². The molecule has 0 amide bonds. The molecule has 2 fully saturated rings. The van der Waals surface area contributed by atoms with Gasteiger partial charge in [0.2, 0.25) is 0 Å². The first-order chi connectivity index (χ1) is 18.2. The van der Waals surface area contributed by atoms with Crippen LogP contribution in [0.1, 0.15) is 66.2 Å². The SMILES string of the molecule is Cc1cc(-c2cnc(C3CCCN3)[nH]2)cc(-c2ccccc2)c1C#CC#Cc1cnc(C2CCCN2)[nH]1.Cl.Cl.Cl.Cl. The minimum absolute atomic E-state index is 0. The normalized spacial score (nSPS) is 16.9. The fourth-order valence-corrected chi connectivity index (χ4v) is 5.22. The van der Waals surface area contributed by atoms with E-state index in [9.17, 15) is 0 Å². The van der Waals surface area contributed by atoms with Gasteiger partial charge in [-0.1, -0.05) is 36.3 Å². The van der Waals surface area contributed by atoms with E-state index in [0.717, 1.165) is 76.8 Å². The van der Waals surface area contributed by atoms with Gasteiger partial charge in [0.05, 0.1) is 30.2 Å². The third kappa shape index (κ3) is 7.87. The zero-order chi connectivity index (χ0) is 25.0. The maximum absolute atomic E-state index is 4.67. The van der Waals surface area contributed by atoms with Crippen molar-refractivity contribution in [1.29, 1.82) is 0 Å².